The monoisotopic (exact) mass is 236 g/mol. The van der Waals surface area contributed by atoms with E-state index in [1.807, 2.05) is 25.1 Å². The Balaban J connectivity index is 2.16. The summed E-state index contributed by atoms with van der Waals surface area (Å²) < 4.78 is 5.49. The van der Waals surface area contributed by atoms with Crippen LogP contribution in [0.1, 0.15) is 26.2 Å². The number of rotatable bonds is 7. The van der Waals surface area contributed by atoms with Crippen LogP contribution in [-0.2, 0) is 4.79 Å². The largest absolute Gasteiger partial charge is 0.491 e. The maximum atomic E-state index is 11.3. The van der Waals surface area contributed by atoms with Gasteiger partial charge in [0.2, 0.25) is 5.91 Å². The standard InChI is InChI=1S/C13H20N2O2/c1-2-9-15-13(16)8-5-10-17-12-7-4-3-6-11(12)14/h3-4,6-7H,2,5,8-10,14H2,1H3,(H,15,16). The van der Waals surface area contributed by atoms with Crippen molar-refractivity contribution < 1.29 is 9.53 Å². The number of carbonyl (C=O) groups excluding carboxylic acids is 1. The summed E-state index contributed by atoms with van der Waals surface area (Å²) in [6, 6.07) is 7.36. The Morgan fingerprint density at radius 3 is 2.88 bits per heavy atom. The molecule has 0 aliphatic heterocycles. The Morgan fingerprint density at radius 2 is 2.18 bits per heavy atom. The number of hydrogen-bond donors (Lipinski definition) is 2. The Morgan fingerprint density at radius 1 is 1.41 bits per heavy atom. The highest BCUT2D eigenvalue weighted by Gasteiger charge is 2.01. The first-order valence-electron chi connectivity index (χ1n) is 5.98. The van der Waals surface area contributed by atoms with Gasteiger partial charge in [-0.1, -0.05) is 19.1 Å². The Labute approximate surface area is 102 Å². The summed E-state index contributed by atoms with van der Waals surface area (Å²) in [5.41, 5.74) is 6.35. The van der Waals surface area contributed by atoms with Crippen molar-refractivity contribution in [1.82, 2.24) is 5.32 Å². The maximum absolute atomic E-state index is 11.3. The summed E-state index contributed by atoms with van der Waals surface area (Å²) >= 11 is 0. The zero-order valence-electron chi connectivity index (χ0n) is 10.2. The number of hydrogen-bond acceptors (Lipinski definition) is 3. The molecular formula is C13H20N2O2. The first-order chi connectivity index (χ1) is 8.24. The van der Waals surface area contributed by atoms with Gasteiger partial charge < -0.3 is 15.8 Å². The zero-order valence-corrected chi connectivity index (χ0v) is 10.2. The van der Waals surface area contributed by atoms with Crippen LogP contribution in [0.2, 0.25) is 0 Å². The van der Waals surface area contributed by atoms with Crippen LogP contribution in [-0.4, -0.2) is 19.1 Å². The van der Waals surface area contributed by atoms with Crippen LogP contribution in [0, 0.1) is 0 Å². The molecular weight excluding hydrogens is 216 g/mol. The van der Waals surface area contributed by atoms with Crippen LogP contribution in [0.25, 0.3) is 0 Å². The van der Waals surface area contributed by atoms with Gasteiger partial charge in [0.25, 0.3) is 0 Å². The van der Waals surface area contributed by atoms with Crippen molar-refractivity contribution in [3.63, 3.8) is 0 Å². The molecule has 0 unspecified atom stereocenters. The molecule has 4 nitrogen and oxygen atoms in total. The molecule has 1 aromatic carbocycles. The number of para-hydroxylation sites is 2. The number of nitrogen functional groups attached to an aromatic ring is 1. The highest BCUT2D eigenvalue weighted by Crippen LogP contribution is 2.19. The van der Waals surface area contributed by atoms with Crippen molar-refractivity contribution >= 4 is 11.6 Å². The van der Waals surface area contributed by atoms with Crippen molar-refractivity contribution in [2.45, 2.75) is 26.2 Å². The van der Waals surface area contributed by atoms with Gasteiger partial charge >= 0.3 is 0 Å². The predicted octanol–water partition coefficient (Wildman–Crippen LogP) is 1.95. The molecule has 0 heterocycles. The van der Waals surface area contributed by atoms with Crippen molar-refractivity contribution in [2.75, 3.05) is 18.9 Å². The topological polar surface area (TPSA) is 64.3 Å². The van der Waals surface area contributed by atoms with Crippen molar-refractivity contribution in [2.24, 2.45) is 0 Å². The number of anilines is 1. The van der Waals surface area contributed by atoms with Crippen molar-refractivity contribution in [3.8, 4) is 5.75 Å². The third-order valence-corrected chi connectivity index (χ3v) is 2.30. The van der Waals surface area contributed by atoms with Crippen LogP contribution in [0.3, 0.4) is 0 Å². The molecule has 0 aliphatic rings. The average Bonchev–Trinajstić information content (AvgIpc) is 2.34. The van der Waals surface area contributed by atoms with Crippen molar-refractivity contribution in [3.05, 3.63) is 24.3 Å². The summed E-state index contributed by atoms with van der Waals surface area (Å²) in [6.45, 7) is 3.28. The Hall–Kier alpha value is -1.71. The molecule has 0 bridgehead atoms. The van der Waals surface area contributed by atoms with Crippen LogP contribution >= 0.6 is 0 Å². The fourth-order valence-corrected chi connectivity index (χ4v) is 1.38. The van der Waals surface area contributed by atoms with Gasteiger partial charge in [-0.25, -0.2) is 0 Å². The smallest absolute Gasteiger partial charge is 0.220 e. The van der Waals surface area contributed by atoms with E-state index in [9.17, 15) is 4.79 Å². The summed E-state index contributed by atoms with van der Waals surface area (Å²) in [4.78, 5) is 11.3. The molecule has 3 N–H and O–H groups in total. The van der Waals surface area contributed by atoms with E-state index in [-0.39, 0.29) is 5.91 Å². The molecule has 1 amide bonds. The molecule has 0 fully saturated rings. The minimum Gasteiger partial charge on any atom is -0.491 e. The molecule has 0 aromatic heterocycles. The third kappa shape index (κ3) is 5.24. The number of nitrogens with two attached hydrogens (primary N) is 1. The van der Waals surface area contributed by atoms with E-state index in [2.05, 4.69) is 5.32 Å². The van der Waals surface area contributed by atoms with E-state index < -0.39 is 0 Å². The third-order valence-electron chi connectivity index (χ3n) is 2.30. The van der Waals surface area contributed by atoms with E-state index in [1.165, 1.54) is 0 Å². The van der Waals surface area contributed by atoms with Crippen LogP contribution in [0.5, 0.6) is 5.75 Å². The first-order valence-corrected chi connectivity index (χ1v) is 5.98. The number of amides is 1. The molecule has 0 saturated carbocycles. The Bertz CT molecular complexity index is 353. The van der Waals surface area contributed by atoms with Gasteiger partial charge in [0, 0.05) is 13.0 Å². The quantitative estimate of drug-likeness (QED) is 0.562. The number of carbonyl (C=O) groups is 1. The first kappa shape index (κ1) is 13.4. The lowest BCUT2D eigenvalue weighted by Gasteiger charge is -2.08. The summed E-state index contributed by atoms with van der Waals surface area (Å²) in [7, 11) is 0. The molecule has 0 aliphatic carbocycles. The van der Waals surface area contributed by atoms with Gasteiger partial charge in [0.05, 0.1) is 12.3 Å². The van der Waals surface area contributed by atoms with Crippen molar-refractivity contribution in [1.29, 1.82) is 0 Å². The lowest BCUT2D eigenvalue weighted by Crippen LogP contribution is -2.24. The van der Waals surface area contributed by atoms with Crippen LogP contribution < -0.4 is 15.8 Å². The molecule has 0 spiro atoms. The van der Waals surface area contributed by atoms with Gasteiger partial charge in [-0.3, -0.25) is 4.79 Å². The summed E-state index contributed by atoms with van der Waals surface area (Å²) in [5.74, 6) is 0.762. The van der Waals surface area contributed by atoms with Gasteiger partial charge in [-0.2, -0.15) is 0 Å². The van der Waals surface area contributed by atoms with E-state index in [0.717, 1.165) is 13.0 Å². The molecule has 0 atom stereocenters. The van der Waals surface area contributed by atoms with E-state index in [0.29, 0.717) is 30.9 Å². The molecule has 1 aromatic rings. The van der Waals surface area contributed by atoms with E-state index in [4.69, 9.17) is 10.5 Å². The highest BCUT2D eigenvalue weighted by atomic mass is 16.5. The van der Waals surface area contributed by atoms with Gasteiger partial charge in [-0.05, 0) is 25.0 Å². The number of nitrogens with one attached hydrogen (secondary N) is 1. The molecule has 17 heavy (non-hydrogen) atoms. The maximum Gasteiger partial charge on any atom is 0.220 e. The second-order valence-corrected chi connectivity index (χ2v) is 3.84. The van der Waals surface area contributed by atoms with E-state index >= 15 is 0 Å². The molecule has 0 saturated heterocycles. The predicted molar refractivity (Wildman–Crippen MR) is 68.9 cm³/mol. The summed E-state index contributed by atoms with van der Waals surface area (Å²) in [6.07, 6.45) is 2.15. The average molecular weight is 236 g/mol. The second-order valence-electron chi connectivity index (χ2n) is 3.84. The molecule has 1 rings (SSSR count). The van der Waals surface area contributed by atoms with Crippen LogP contribution in [0.15, 0.2) is 24.3 Å². The second kappa shape index (κ2) is 7.54. The lowest BCUT2D eigenvalue weighted by atomic mass is 10.3. The van der Waals surface area contributed by atoms with Gasteiger partial charge in [0.1, 0.15) is 5.75 Å². The minimum absolute atomic E-state index is 0.0801. The zero-order chi connectivity index (χ0) is 12.5. The highest BCUT2D eigenvalue weighted by molar-refractivity contribution is 5.75. The van der Waals surface area contributed by atoms with E-state index in [1.54, 1.807) is 6.07 Å². The molecule has 4 heteroatoms. The fourth-order valence-electron chi connectivity index (χ4n) is 1.38. The van der Waals surface area contributed by atoms with Gasteiger partial charge in [0.15, 0.2) is 0 Å². The minimum atomic E-state index is 0.0801. The number of ether oxygens (including phenoxy) is 1. The molecule has 0 radical (unpaired) electrons. The SMILES string of the molecule is CCCNC(=O)CCCOc1ccccc1N. The molecule has 94 valence electrons. The number of benzene rings is 1. The van der Waals surface area contributed by atoms with Gasteiger partial charge in [-0.15, -0.1) is 0 Å². The fraction of sp³-hybridized carbons (Fsp3) is 0.462. The Kier molecular flexibility index (Phi) is 5.93. The summed E-state index contributed by atoms with van der Waals surface area (Å²) in [5, 5.41) is 2.82. The normalized spacial score (nSPS) is 9.94. The van der Waals surface area contributed by atoms with Crippen LogP contribution in [0.4, 0.5) is 5.69 Å². The lowest BCUT2D eigenvalue weighted by molar-refractivity contribution is -0.121.